The monoisotopic (exact) mass is 441 g/mol. The van der Waals surface area contributed by atoms with Gasteiger partial charge in [-0.05, 0) is 36.6 Å². The lowest BCUT2D eigenvalue weighted by molar-refractivity contribution is -0.125. The molecule has 33 heavy (non-hydrogen) atoms. The second-order valence-corrected chi connectivity index (χ2v) is 8.11. The van der Waals surface area contributed by atoms with Crippen molar-refractivity contribution in [1.82, 2.24) is 14.5 Å². The number of rotatable bonds is 7. The van der Waals surface area contributed by atoms with Crippen LogP contribution < -0.4 is 16.6 Å². The van der Waals surface area contributed by atoms with E-state index in [0.29, 0.717) is 17.3 Å². The molecule has 0 radical (unpaired) electrons. The van der Waals surface area contributed by atoms with E-state index in [2.05, 4.69) is 5.32 Å². The van der Waals surface area contributed by atoms with Crippen molar-refractivity contribution < 1.29 is 4.79 Å². The second kappa shape index (κ2) is 9.69. The average Bonchev–Trinajstić information content (AvgIpc) is 2.85. The third-order valence-corrected chi connectivity index (χ3v) is 5.92. The molecule has 168 valence electrons. The summed E-state index contributed by atoms with van der Waals surface area (Å²) in [6, 6.07) is 25.0. The average molecular weight is 442 g/mol. The minimum Gasteiger partial charge on any atom is -0.348 e. The molecule has 1 aromatic heterocycles. The quantitative estimate of drug-likeness (QED) is 0.470. The summed E-state index contributed by atoms with van der Waals surface area (Å²) < 4.78 is 2.68. The van der Waals surface area contributed by atoms with Crippen LogP contribution in [0.5, 0.6) is 0 Å². The Morgan fingerprint density at radius 1 is 0.879 bits per heavy atom. The van der Waals surface area contributed by atoms with Gasteiger partial charge in [-0.2, -0.15) is 0 Å². The number of carbonyl (C=O) groups is 1. The Morgan fingerprint density at radius 2 is 1.48 bits per heavy atom. The lowest BCUT2D eigenvalue weighted by Gasteiger charge is -2.23. The number of fused-ring (bicyclic) bond motifs is 1. The van der Waals surface area contributed by atoms with Crippen molar-refractivity contribution in [1.29, 1.82) is 0 Å². The summed E-state index contributed by atoms with van der Waals surface area (Å²) in [7, 11) is 0. The van der Waals surface area contributed by atoms with Crippen LogP contribution in [0.25, 0.3) is 10.9 Å². The van der Waals surface area contributed by atoms with Gasteiger partial charge < -0.3 is 5.32 Å². The van der Waals surface area contributed by atoms with Crippen molar-refractivity contribution in [2.24, 2.45) is 0 Å². The van der Waals surface area contributed by atoms with Crippen LogP contribution in [0.15, 0.2) is 94.5 Å². The van der Waals surface area contributed by atoms with Crippen LogP contribution in [-0.2, 0) is 11.3 Å². The summed E-state index contributed by atoms with van der Waals surface area (Å²) >= 11 is 0. The fourth-order valence-corrected chi connectivity index (χ4v) is 4.16. The number of para-hydroxylation sites is 1. The number of aromatic nitrogens is 2. The number of benzene rings is 3. The zero-order valence-corrected chi connectivity index (χ0v) is 18.8. The van der Waals surface area contributed by atoms with Gasteiger partial charge in [-0.15, -0.1) is 0 Å². The van der Waals surface area contributed by atoms with Crippen molar-refractivity contribution in [3.05, 3.63) is 117 Å². The molecule has 1 amide bonds. The Bertz CT molecular complexity index is 1370. The SMILES string of the molecule is CCC(C(=O)NC(C)c1ccccc1)n1c(=O)n(Cc2ccccc2)c(=O)c2ccccc21. The fraction of sp³-hybridized carbons (Fsp3) is 0.222. The zero-order chi connectivity index (χ0) is 23.4. The topological polar surface area (TPSA) is 73.1 Å². The molecule has 6 nitrogen and oxygen atoms in total. The van der Waals surface area contributed by atoms with E-state index in [1.54, 1.807) is 24.3 Å². The number of hydrogen-bond donors (Lipinski definition) is 1. The van der Waals surface area contributed by atoms with Gasteiger partial charge in [-0.3, -0.25) is 18.7 Å². The van der Waals surface area contributed by atoms with Gasteiger partial charge >= 0.3 is 5.69 Å². The van der Waals surface area contributed by atoms with Gasteiger partial charge in [0.15, 0.2) is 0 Å². The predicted octanol–water partition coefficient (Wildman–Crippen LogP) is 4.04. The number of nitrogens with one attached hydrogen (secondary N) is 1. The van der Waals surface area contributed by atoms with Gasteiger partial charge in [0.25, 0.3) is 5.56 Å². The summed E-state index contributed by atoms with van der Waals surface area (Å²) in [5, 5.41) is 3.45. The third kappa shape index (κ3) is 4.51. The maximum atomic E-state index is 13.6. The summed E-state index contributed by atoms with van der Waals surface area (Å²) in [5.41, 5.74) is 1.44. The molecule has 0 bridgehead atoms. The molecule has 0 fully saturated rings. The summed E-state index contributed by atoms with van der Waals surface area (Å²) in [6.45, 7) is 3.92. The molecule has 0 saturated heterocycles. The van der Waals surface area contributed by atoms with E-state index >= 15 is 0 Å². The molecule has 6 heteroatoms. The molecule has 0 aliphatic rings. The van der Waals surface area contributed by atoms with Crippen LogP contribution in [0.4, 0.5) is 0 Å². The largest absolute Gasteiger partial charge is 0.348 e. The molecule has 3 aromatic carbocycles. The minimum atomic E-state index is -0.754. The van der Waals surface area contributed by atoms with Crippen LogP contribution in [0, 0.1) is 0 Å². The third-order valence-electron chi connectivity index (χ3n) is 5.92. The highest BCUT2D eigenvalue weighted by molar-refractivity contribution is 5.84. The van der Waals surface area contributed by atoms with Crippen LogP contribution in [0.1, 0.15) is 43.5 Å². The van der Waals surface area contributed by atoms with Crippen LogP contribution in [0.2, 0.25) is 0 Å². The molecular weight excluding hydrogens is 414 g/mol. The molecule has 1 N–H and O–H groups in total. The van der Waals surface area contributed by atoms with Gasteiger partial charge in [0.1, 0.15) is 6.04 Å². The summed E-state index contributed by atoms with van der Waals surface area (Å²) in [5.74, 6) is -0.258. The van der Waals surface area contributed by atoms with Crippen LogP contribution in [0.3, 0.4) is 0 Å². The molecule has 4 aromatic rings. The Labute approximate surface area is 192 Å². The maximum Gasteiger partial charge on any atom is 0.332 e. The molecule has 0 saturated carbocycles. The zero-order valence-electron chi connectivity index (χ0n) is 18.8. The van der Waals surface area contributed by atoms with E-state index in [1.807, 2.05) is 74.5 Å². The highest BCUT2D eigenvalue weighted by atomic mass is 16.2. The first-order valence-electron chi connectivity index (χ1n) is 11.1. The standard InChI is InChI=1S/C27H27N3O3/c1-3-23(25(31)28-19(2)21-14-8-5-9-15-21)30-24-17-11-10-16-22(24)26(32)29(27(30)33)18-20-12-6-4-7-13-20/h4-17,19,23H,3,18H2,1-2H3,(H,28,31). The van der Waals surface area contributed by atoms with Gasteiger partial charge in [0.05, 0.1) is 23.5 Å². The first-order chi connectivity index (χ1) is 16.0. The molecule has 1 heterocycles. The van der Waals surface area contributed by atoms with E-state index in [9.17, 15) is 14.4 Å². The highest BCUT2D eigenvalue weighted by Crippen LogP contribution is 2.19. The first kappa shape index (κ1) is 22.3. The Balaban J connectivity index is 1.80. The van der Waals surface area contributed by atoms with E-state index in [0.717, 1.165) is 11.1 Å². The Hall–Kier alpha value is -3.93. The number of nitrogens with zero attached hydrogens (tertiary/aromatic N) is 2. The van der Waals surface area contributed by atoms with E-state index < -0.39 is 11.7 Å². The molecule has 0 aliphatic carbocycles. The normalized spacial score (nSPS) is 12.9. The number of amides is 1. The Morgan fingerprint density at radius 3 is 2.15 bits per heavy atom. The second-order valence-electron chi connectivity index (χ2n) is 8.11. The molecule has 0 spiro atoms. The maximum absolute atomic E-state index is 13.6. The minimum absolute atomic E-state index is 0.141. The van der Waals surface area contributed by atoms with Gasteiger partial charge in [-0.1, -0.05) is 79.7 Å². The molecule has 4 rings (SSSR count). The van der Waals surface area contributed by atoms with Gasteiger partial charge in [0.2, 0.25) is 5.91 Å². The van der Waals surface area contributed by atoms with E-state index in [-0.39, 0.29) is 24.1 Å². The lowest BCUT2D eigenvalue weighted by atomic mass is 10.1. The van der Waals surface area contributed by atoms with Crippen molar-refractivity contribution >= 4 is 16.8 Å². The lowest BCUT2D eigenvalue weighted by Crippen LogP contribution is -2.45. The number of hydrogen-bond acceptors (Lipinski definition) is 3. The highest BCUT2D eigenvalue weighted by Gasteiger charge is 2.25. The van der Waals surface area contributed by atoms with E-state index in [1.165, 1.54) is 9.13 Å². The van der Waals surface area contributed by atoms with Crippen LogP contribution >= 0.6 is 0 Å². The predicted molar refractivity (Wildman–Crippen MR) is 130 cm³/mol. The summed E-state index contributed by atoms with van der Waals surface area (Å²) in [6.07, 6.45) is 0.404. The molecule has 2 atom stereocenters. The molecular formula is C27H27N3O3. The van der Waals surface area contributed by atoms with Crippen molar-refractivity contribution in [2.45, 2.75) is 38.9 Å². The van der Waals surface area contributed by atoms with E-state index in [4.69, 9.17) is 0 Å². The smallest absolute Gasteiger partial charge is 0.332 e. The number of carbonyl (C=O) groups excluding carboxylic acids is 1. The van der Waals surface area contributed by atoms with Gasteiger partial charge in [0, 0.05) is 0 Å². The Kier molecular flexibility index (Phi) is 6.54. The fourth-order valence-electron chi connectivity index (χ4n) is 4.16. The van der Waals surface area contributed by atoms with Crippen molar-refractivity contribution in [3.8, 4) is 0 Å². The molecule has 2 unspecified atom stereocenters. The molecule has 0 aliphatic heterocycles. The van der Waals surface area contributed by atoms with Crippen LogP contribution in [-0.4, -0.2) is 15.0 Å². The summed E-state index contributed by atoms with van der Waals surface area (Å²) in [4.78, 5) is 40.2. The van der Waals surface area contributed by atoms with Crippen molar-refractivity contribution in [2.75, 3.05) is 0 Å². The van der Waals surface area contributed by atoms with Crippen molar-refractivity contribution in [3.63, 3.8) is 0 Å². The first-order valence-corrected chi connectivity index (χ1v) is 11.1. The van der Waals surface area contributed by atoms with Gasteiger partial charge in [-0.25, -0.2) is 4.79 Å².